The Bertz CT molecular complexity index is 673. The summed E-state index contributed by atoms with van der Waals surface area (Å²) in [6.07, 6.45) is 0.879. The number of carbonyl (C=O) groups is 1. The van der Waals surface area contributed by atoms with Crippen molar-refractivity contribution in [2.45, 2.75) is 33.1 Å². The summed E-state index contributed by atoms with van der Waals surface area (Å²) in [6.45, 7) is 6.00. The maximum atomic E-state index is 12.1. The maximum absolute atomic E-state index is 12.1. The molecule has 0 fully saturated rings. The van der Waals surface area contributed by atoms with Crippen molar-refractivity contribution in [3.05, 3.63) is 42.0 Å². The second-order valence-electron chi connectivity index (χ2n) is 6.15. The van der Waals surface area contributed by atoms with Gasteiger partial charge in [0.25, 0.3) is 0 Å². The van der Waals surface area contributed by atoms with E-state index in [0.29, 0.717) is 0 Å². The number of hydrogen-bond acceptors (Lipinski definition) is 3. The first-order valence-corrected chi connectivity index (χ1v) is 7.60. The van der Waals surface area contributed by atoms with Crippen LogP contribution in [0.4, 0.5) is 0 Å². The molecule has 0 saturated carbocycles. The average molecular weight is 300 g/mol. The van der Waals surface area contributed by atoms with E-state index in [9.17, 15) is 4.79 Å². The van der Waals surface area contributed by atoms with Crippen LogP contribution in [0.3, 0.4) is 0 Å². The van der Waals surface area contributed by atoms with Crippen molar-refractivity contribution in [3.63, 3.8) is 0 Å². The summed E-state index contributed by atoms with van der Waals surface area (Å²) in [5.41, 5.74) is 0.611. The maximum Gasteiger partial charge on any atom is 0.311 e. The van der Waals surface area contributed by atoms with Crippen molar-refractivity contribution < 1.29 is 14.3 Å². The van der Waals surface area contributed by atoms with E-state index in [2.05, 4.69) is 31.2 Å². The van der Waals surface area contributed by atoms with Gasteiger partial charge in [0, 0.05) is 0 Å². The summed E-state index contributed by atoms with van der Waals surface area (Å²) in [5.74, 6) is 0.794. The molecule has 0 saturated heterocycles. The highest BCUT2D eigenvalue weighted by Gasteiger charge is 2.37. The minimum Gasteiger partial charge on any atom is -0.497 e. The van der Waals surface area contributed by atoms with Crippen molar-refractivity contribution in [1.82, 2.24) is 0 Å². The first kappa shape index (κ1) is 16.3. The third kappa shape index (κ3) is 2.94. The molecular weight excluding hydrogens is 276 g/mol. The Morgan fingerprint density at radius 2 is 1.73 bits per heavy atom. The number of hydrogen-bond donors (Lipinski definition) is 0. The van der Waals surface area contributed by atoms with Crippen molar-refractivity contribution in [2.24, 2.45) is 5.41 Å². The largest absolute Gasteiger partial charge is 0.497 e. The van der Waals surface area contributed by atoms with E-state index < -0.39 is 5.41 Å². The zero-order chi connectivity index (χ0) is 16.3. The predicted molar refractivity (Wildman–Crippen MR) is 89.3 cm³/mol. The predicted octanol–water partition coefficient (Wildman–Crippen LogP) is 4.54. The quantitative estimate of drug-likeness (QED) is 0.760. The van der Waals surface area contributed by atoms with E-state index in [1.165, 1.54) is 7.11 Å². The van der Waals surface area contributed by atoms with Gasteiger partial charge in [-0.15, -0.1) is 0 Å². The second-order valence-corrected chi connectivity index (χ2v) is 6.15. The molecule has 2 aromatic carbocycles. The molecule has 0 bridgehead atoms. The van der Waals surface area contributed by atoms with Gasteiger partial charge < -0.3 is 9.47 Å². The Balaban J connectivity index is 2.46. The number of benzene rings is 2. The Hall–Kier alpha value is -2.03. The first-order valence-electron chi connectivity index (χ1n) is 7.60. The van der Waals surface area contributed by atoms with Gasteiger partial charge in [-0.2, -0.15) is 0 Å². The number of methoxy groups -OCH3 is 2. The molecule has 0 N–H and O–H groups in total. The van der Waals surface area contributed by atoms with Gasteiger partial charge in [-0.05, 0) is 54.7 Å². The fourth-order valence-corrected chi connectivity index (χ4v) is 3.15. The molecule has 0 aromatic heterocycles. The van der Waals surface area contributed by atoms with E-state index in [1.807, 2.05) is 26.0 Å². The third-order valence-corrected chi connectivity index (χ3v) is 4.46. The van der Waals surface area contributed by atoms with Crippen molar-refractivity contribution in [1.29, 1.82) is 0 Å². The summed E-state index contributed by atoms with van der Waals surface area (Å²) in [7, 11) is 3.12. The van der Waals surface area contributed by atoms with Crippen LogP contribution in [0.15, 0.2) is 36.4 Å². The lowest BCUT2D eigenvalue weighted by atomic mass is 9.73. The van der Waals surface area contributed by atoms with Crippen LogP contribution in [0.2, 0.25) is 0 Å². The second kappa shape index (κ2) is 6.39. The summed E-state index contributed by atoms with van der Waals surface area (Å²) in [6, 6.07) is 12.4. The molecule has 0 heterocycles. The number of esters is 1. The lowest BCUT2D eigenvalue weighted by Gasteiger charge is -2.31. The summed E-state index contributed by atoms with van der Waals surface area (Å²) in [5, 5.41) is 2.28. The van der Waals surface area contributed by atoms with Gasteiger partial charge >= 0.3 is 5.97 Å². The van der Waals surface area contributed by atoms with E-state index in [4.69, 9.17) is 9.47 Å². The lowest BCUT2D eigenvalue weighted by Crippen LogP contribution is -2.32. The SMILES string of the molecule is CCC(c1ccc2cc(OC)ccc2c1)C(C)(C)C(=O)OC. The molecule has 118 valence electrons. The lowest BCUT2D eigenvalue weighted by molar-refractivity contribution is -0.152. The van der Waals surface area contributed by atoms with Crippen LogP contribution in [0.5, 0.6) is 5.75 Å². The average Bonchev–Trinajstić information content (AvgIpc) is 2.53. The van der Waals surface area contributed by atoms with Gasteiger partial charge in [0.2, 0.25) is 0 Å². The van der Waals surface area contributed by atoms with Gasteiger partial charge in [0.15, 0.2) is 0 Å². The van der Waals surface area contributed by atoms with Crippen LogP contribution in [-0.4, -0.2) is 20.2 Å². The Labute approximate surface area is 132 Å². The Morgan fingerprint density at radius 1 is 1.09 bits per heavy atom. The van der Waals surface area contributed by atoms with Gasteiger partial charge in [-0.25, -0.2) is 0 Å². The molecule has 22 heavy (non-hydrogen) atoms. The van der Waals surface area contributed by atoms with Crippen molar-refractivity contribution >= 4 is 16.7 Å². The minimum absolute atomic E-state index is 0.117. The van der Waals surface area contributed by atoms with E-state index >= 15 is 0 Å². The molecule has 3 nitrogen and oxygen atoms in total. The standard InChI is InChI=1S/C19H24O3/c1-6-17(19(2,3)18(20)22-5)15-8-7-14-12-16(21-4)10-9-13(14)11-15/h7-12,17H,6H2,1-5H3. The van der Waals surface area contributed by atoms with Crippen LogP contribution in [0, 0.1) is 5.41 Å². The van der Waals surface area contributed by atoms with Crippen LogP contribution in [0.1, 0.15) is 38.7 Å². The third-order valence-electron chi connectivity index (χ3n) is 4.46. The molecule has 2 aromatic rings. The monoisotopic (exact) mass is 300 g/mol. The number of fused-ring (bicyclic) bond motifs is 1. The number of carbonyl (C=O) groups excluding carboxylic acids is 1. The highest BCUT2D eigenvalue weighted by molar-refractivity contribution is 5.85. The van der Waals surface area contributed by atoms with Gasteiger partial charge in [-0.3, -0.25) is 4.79 Å². The summed E-state index contributed by atoms with van der Waals surface area (Å²) < 4.78 is 10.2. The highest BCUT2D eigenvalue weighted by Crippen LogP contribution is 2.40. The van der Waals surface area contributed by atoms with Crippen LogP contribution in [-0.2, 0) is 9.53 Å². The summed E-state index contributed by atoms with van der Waals surface area (Å²) in [4.78, 5) is 12.1. The van der Waals surface area contributed by atoms with E-state index in [0.717, 1.165) is 28.5 Å². The molecular formula is C19H24O3. The van der Waals surface area contributed by atoms with Crippen LogP contribution >= 0.6 is 0 Å². The highest BCUT2D eigenvalue weighted by atomic mass is 16.5. The van der Waals surface area contributed by atoms with E-state index in [1.54, 1.807) is 7.11 Å². The zero-order valence-corrected chi connectivity index (χ0v) is 14.0. The molecule has 1 unspecified atom stereocenters. The van der Waals surface area contributed by atoms with Gasteiger partial charge in [-0.1, -0.05) is 31.2 Å². The molecule has 0 amide bonds. The van der Waals surface area contributed by atoms with Crippen LogP contribution < -0.4 is 4.74 Å². The fourth-order valence-electron chi connectivity index (χ4n) is 3.15. The fraction of sp³-hybridized carbons (Fsp3) is 0.421. The Morgan fingerprint density at radius 3 is 2.32 bits per heavy atom. The molecule has 3 heteroatoms. The summed E-state index contributed by atoms with van der Waals surface area (Å²) >= 11 is 0. The molecule has 0 spiro atoms. The van der Waals surface area contributed by atoms with Gasteiger partial charge in [0.1, 0.15) is 5.75 Å². The molecule has 0 aliphatic heterocycles. The molecule has 0 aliphatic rings. The van der Waals surface area contributed by atoms with E-state index in [-0.39, 0.29) is 11.9 Å². The smallest absolute Gasteiger partial charge is 0.311 e. The number of ether oxygens (including phenoxy) is 2. The molecule has 2 rings (SSSR count). The Kier molecular flexibility index (Phi) is 4.74. The molecule has 1 atom stereocenters. The first-order chi connectivity index (χ1) is 10.4. The van der Waals surface area contributed by atoms with Crippen molar-refractivity contribution in [2.75, 3.05) is 14.2 Å². The van der Waals surface area contributed by atoms with Crippen LogP contribution in [0.25, 0.3) is 10.8 Å². The normalized spacial score (nSPS) is 13.0. The minimum atomic E-state index is -0.552. The van der Waals surface area contributed by atoms with Crippen molar-refractivity contribution in [3.8, 4) is 5.75 Å². The molecule has 0 radical (unpaired) electrons. The van der Waals surface area contributed by atoms with Gasteiger partial charge in [0.05, 0.1) is 19.6 Å². The molecule has 0 aliphatic carbocycles. The zero-order valence-electron chi connectivity index (χ0n) is 14.0. The number of rotatable bonds is 5. The topological polar surface area (TPSA) is 35.5 Å².